The van der Waals surface area contributed by atoms with Crippen molar-refractivity contribution in [3.63, 3.8) is 0 Å². The molecule has 1 aromatic carbocycles. The summed E-state index contributed by atoms with van der Waals surface area (Å²) in [4.78, 5) is 48.3. The molecule has 0 aliphatic carbocycles. The van der Waals surface area contributed by atoms with Crippen LogP contribution in [0.5, 0.6) is 11.5 Å². The molecule has 1 aromatic rings. The first-order valence-electron chi connectivity index (χ1n) is 12.1. The lowest BCUT2D eigenvalue weighted by Gasteiger charge is -2.18. The summed E-state index contributed by atoms with van der Waals surface area (Å²) < 4.78 is 25.8. The molecule has 0 bridgehead atoms. The van der Waals surface area contributed by atoms with Gasteiger partial charge in [-0.15, -0.1) is 0 Å². The summed E-state index contributed by atoms with van der Waals surface area (Å²) in [5.74, 6) is -1.27. The van der Waals surface area contributed by atoms with E-state index in [4.69, 9.17) is 29.4 Å². The van der Waals surface area contributed by atoms with Crippen molar-refractivity contribution >= 4 is 24.1 Å². The molecule has 0 amide bonds. The van der Waals surface area contributed by atoms with Crippen molar-refractivity contribution in [2.24, 2.45) is 17.6 Å². The van der Waals surface area contributed by atoms with E-state index in [2.05, 4.69) is 0 Å². The fourth-order valence-corrected chi connectivity index (χ4v) is 2.91. The Morgan fingerprint density at radius 1 is 0.806 bits per heavy atom. The molecule has 1 rings (SSSR count). The maximum Gasteiger partial charge on any atom is 0.508 e. The van der Waals surface area contributed by atoms with Crippen molar-refractivity contribution in [1.29, 1.82) is 0 Å². The van der Waals surface area contributed by atoms with Gasteiger partial charge in [0.15, 0.2) is 11.5 Å². The van der Waals surface area contributed by atoms with Crippen molar-refractivity contribution in [2.75, 3.05) is 6.61 Å². The number of carbonyl (C=O) groups is 4. The molecule has 0 radical (unpaired) electrons. The molecule has 2 N–H and O–H groups in total. The number of nitrogens with two attached hydrogens (primary N) is 1. The average Bonchev–Trinajstić information content (AvgIpc) is 2.72. The minimum Gasteiger partial charge on any atom is -0.458 e. The summed E-state index contributed by atoms with van der Waals surface area (Å²) in [7, 11) is 0. The fraction of sp³-hybridized carbons (Fsp3) is 0.615. The van der Waals surface area contributed by atoms with Gasteiger partial charge in [0, 0.05) is 12.8 Å². The highest BCUT2D eigenvalue weighted by molar-refractivity contribution is 5.77. The van der Waals surface area contributed by atoms with Crippen LogP contribution >= 0.6 is 0 Å². The first-order chi connectivity index (χ1) is 16.8. The zero-order valence-corrected chi connectivity index (χ0v) is 22.2. The normalized spacial score (nSPS) is 12.8. The Morgan fingerprint density at radius 2 is 1.36 bits per heavy atom. The number of ether oxygens (including phenoxy) is 5. The molecule has 10 nitrogen and oxygen atoms in total. The van der Waals surface area contributed by atoms with Gasteiger partial charge in [0.25, 0.3) is 0 Å². The van der Waals surface area contributed by atoms with Gasteiger partial charge in [0.1, 0.15) is 18.8 Å². The van der Waals surface area contributed by atoms with Crippen LogP contribution in [-0.4, -0.2) is 48.9 Å². The van der Waals surface area contributed by atoms with Crippen LogP contribution in [0, 0.1) is 11.8 Å². The third kappa shape index (κ3) is 12.5. The van der Waals surface area contributed by atoms with E-state index >= 15 is 0 Å². The Hall–Kier alpha value is -3.14. The summed E-state index contributed by atoms with van der Waals surface area (Å²) in [6, 6.07) is 3.60. The van der Waals surface area contributed by atoms with Crippen LogP contribution in [0.1, 0.15) is 66.9 Å². The molecule has 0 aliphatic rings. The third-order valence-electron chi connectivity index (χ3n) is 4.45. The molecule has 0 saturated carbocycles. The van der Waals surface area contributed by atoms with Crippen LogP contribution in [0.3, 0.4) is 0 Å². The molecular formula is C26H39NO9. The molecule has 202 valence electrons. The van der Waals surface area contributed by atoms with Crippen LogP contribution in [0.15, 0.2) is 18.2 Å². The van der Waals surface area contributed by atoms with Crippen LogP contribution in [0.25, 0.3) is 0 Å². The molecule has 2 atom stereocenters. The second kappa shape index (κ2) is 15.1. The highest BCUT2D eigenvalue weighted by atomic mass is 16.7. The van der Waals surface area contributed by atoms with E-state index in [9.17, 15) is 19.2 Å². The molecule has 0 fully saturated rings. The SMILES string of the molecule is CC(C)CC(=O)Oc1ccc(C[C@H](N)C(=O)O[C@@H](C)COC(=O)OC(C)C)cc1OC(=O)CC(C)C. The molecule has 0 saturated heterocycles. The van der Waals surface area contributed by atoms with Gasteiger partial charge < -0.3 is 29.4 Å². The van der Waals surface area contributed by atoms with Crippen LogP contribution in [-0.2, 0) is 35.0 Å². The zero-order valence-electron chi connectivity index (χ0n) is 22.2. The molecule has 36 heavy (non-hydrogen) atoms. The first-order valence-corrected chi connectivity index (χ1v) is 12.1. The van der Waals surface area contributed by atoms with E-state index in [-0.39, 0.29) is 55.3 Å². The maximum absolute atomic E-state index is 12.4. The van der Waals surface area contributed by atoms with Crippen molar-refractivity contribution in [2.45, 2.75) is 86.0 Å². The highest BCUT2D eigenvalue weighted by Gasteiger charge is 2.22. The number of hydrogen-bond donors (Lipinski definition) is 1. The summed E-state index contributed by atoms with van der Waals surface area (Å²) in [6.07, 6.45) is -1.47. The maximum atomic E-state index is 12.4. The predicted molar refractivity (Wildman–Crippen MR) is 131 cm³/mol. The number of benzene rings is 1. The van der Waals surface area contributed by atoms with Crippen molar-refractivity contribution in [3.05, 3.63) is 23.8 Å². The second-order valence-electron chi connectivity index (χ2n) is 9.71. The van der Waals surface area contributed by atoms with Crippen molar-refractivity contribution in [1.82, 2.24) is 0 Å². The van der Waals surface area contributed by atoms with Crippen LogP contribution in [0.2, 0.25) is 0 Å². The van der Waals surface area contributed by atoms with Gasteiger partial charge in [0.05, 0.1) is 6.10 Å². The quantitative estimate of drug-likeness (QED) is 0.307. The second-order valence-corrected chi connectivity index (χ2v) is 9.71. The summed E-state index contributed by atoms with van der Waals surface area (Å²) >= 11 is 0. The van der Waals surface area contributed by atoms with E-state index in [1.807, 2.05) is 27.7 Å². The third-order valence-corrected chi connectivity index (χ3v) is 4.45. The molecule has 0 spiro atoms. The van der Waals surface area contributed by atoms with Gasteiger partial charge in [-0.25, -0.2) is 4.79 Å². The Morgan fingerprint density at radius 3 is 1.89 bits per heavy atom. The predicted octanol–water partition coefficient (Wildman–Crippen LogP) is 3.95. The summed E-state index contributed by atoms with van der Waals surface area (Å²) in [5.41, 5.74) is 6.58. The molecule has 0 aromatic heterocycles. The largest absolute Gasteiger partial charge is 0.508 e. The van der Waals surface area contributed by atoms with E-state index in [1.165, 1.54) is 12.1 Å². The van der Waals surface area contributed by atoms with Crippen molar-refractivity contribution < 1.29 is 42.9 Å². The summed E-state index contributed by atoms with van der Waals surface area (Å²) in [5, 5.41) is 0. The van der Waals surface area contributed by atoms with E-state index in [0.717, 1.165) is 0 Å². The van der Waals surface area contributed by atoms with Gasteiger partial charge in [-0.3, -0.25) is 14.4 Å². The van der Waals surface area contributed by atoms with E-state index in [1.54, 1.807) is 26.8 Å². The lowest BCUT2D eigenvalue weighted by atomic mass is 10.1. The Labute approximate surface area is 212 Å². The lowest BCUT2D eigenvalue weighted by molar-refractivity contribution is -0.152. The lowest BCUT2D eigenvalue weighted by Crippen LogP contribution is -2.37. The molecule has 0 unspecified atom stereocenters. The van der Waals surface area contributed by atoms with Crippen LogP contribution in [0.4, 0.5) is 4.79 Å². The number of carbonyl (C=O) groups excluding carboxylic acids is 4. The molecule has 10 heteroatoms. The Balaban J connectivity index is 2.86. The number of esters is 3. The Bertz CT molecular complexity index is 895. The number of rotatable bonds is 13. The number of hydrogen-bond acceptors (Lipinski definition) is 10. The van der Waals surface area contributed by atoms with E-state index in [0.29, 0.717) is 5.56 Å². The molecular weight excluding hydrogens is 470 g/mol. The zero-order chi connectivity index (χ0) is 27.4. The standard InChI is InChI=1S/C26H39NO9/c1-15(2)10-23(28)35-21-9-8-19(13-22(21)36-24(29)11-16(3)4)12-20(27)25(30)34-18(7)14-32-26(31)33-17(5)6/h8-9,13,15-18,20H,10-12,14,27H2,1-7H3/t18-,20-/m0/s1. The topological polar surface area (TPSA) is 140 Å². The van der Waals surface area contributed by atoms with Gasteiger partial charge >= 0.3 is 24.1 Å². The van der Waals surface area contributed by atoms with Crippen LogP contribution < -0.4 is 15.2 Å². The Kier molecular flexibility index (Phi) is 12.9. The average molecular weight is 510 g/mol. The van der Waals surface area contributed by atoms with E-state index < -0.39 is 36.2 Å². The van der Waals surface area contributed by atoms with Crippen molar-refractivity contribution in [3.8, 4) is 11.5 Å². The van der Waals surface area contributed by atoms with Gasteiger partial charge in [0.2, 0.25) is 0 Å². The minimum atomic E-state index is -1.04. The monoisotopic (exact) mass is 509 g/mol. The van der Waals surface area contributed by atoms with Gasteiger partial charge in [-0.05, 0) is 56.7 Å². The molecule has 0 aliphatic heterocycles. The molecule has 0 heterocycles. The van der Waals surface area contributed by atoms with Gasteiger partial charge in [-0.2, -0.15) is 0 Å². The summed E-state index contributed by atoms with van der Waals surface area (Å²) in [6.45, 7) is 12.3. The minimum absolute atomic E-state index is 0.0662. The van der Waals surface area contributed by atoms with Gasteiger partial charge in [-0.1, -0.05) is 33.8 Å². The highest BCUT2D eigenvalue weighted by Crippen LogP contribution is 2.30. The smallest absolute Gasteiger partial charge is 0.458 e. The fourth-order valence-electron chi connectivity index (χ4n) is 2.91. The first kappa shape index (κ1) is 30.9.